The number of nitrogens with zero attached hydrogens (tertiary/aromatic N) is 6. The average molecular weight is 565 g/mol. The Kier molecular flexibility index (Phi) is 7.78. The van der Waals surface area contributed by atoms with Gasteiger partial charge in [-0.3, -0.25) is 14.4 Å². The molecule has 5 rings (SSSR count). The average Bonchev–Trinajstić information content (AvgIpc) is 3.67. The molecule has 41 heavy (non-hydrogen) atoms. The summed E-state index contributed by atoms with van der Waals surface area (Å²) in [7, 11) is 0. The van der Waals surface area contributed by atoms with E-state index in [1.165, 1.54) is 4.90 Å². The molecule has 11 nitrogen and oxygen atoms in total. The van der Waals surface area contributed by atoms with Gasteiger partial charge in [0.05, 0.1) is 35.6 Å². The first-order valence-corrected chi connectivity index (χ1v) is 14.4. The first-order valence-electron chi connectivity index (χ1n) is 14.4. The summed E-state index contributed by atoms with van der Waals surface area (Å²) in [6.07, 6.45) is 5.07. The molecular formula is C30H40N6O5. The van der Waals surface area contributed by atoms with E-state index in [9.17, 15) is 19.5 Å². The summed E-state index contributed by atoms with van der Waals surface area (Å²) in [5.74, 6) is -2.40. The zero-order valence-corrected chi connectivity index (χ0v) is 24.1. The van der Waals surface area contributed by atoms with Crippen molar-refractivity contribution < 1.29 is 24.2 Å². The number of ether oxygens (including phenoxy) is 1. The van der Waals surface area contributed by atoms with Gasteiger partial charge in [-0.05, 0) is 45.2 Å². The van der Waals surface area contributed by atoms with Gasteiger partial charge in [0.2, 0.25) is 17.7 Å². The first kappa shape index (κ1) is 28.9. The first-order chi connectivity index (χ1) is 19.7. The van der Waals surface area contributed by atoms with Crippen LogP contribution in [0.4, 0.5) is 0 Å². The van der Waals surface area contributed by atoms with Gasteiger partial charge in [-0.1, -0.05) is 36.4 Å². The Hall–Kier alpha value is -3.57. The lowest BCUT2D eigenvalue weighted by atomic mass is 9.66. The predicted molar refractivity (Wildman–Crippen MR) is 152 cm³/mol. The van der Waals surface area contributed by atoms with E-state index >= 15 is 0 Å². The van der Waals surface area contributed by atoms with Crippen LogP contribution in [0.2, 0.25) is 0 Å². The summed E-state index contributed by atoms with van der Waals surface area (Å²) in [6.45, 7) is 14.1. The fourth-order valence-electron chi connectivity index (χ4n) is 7.22. The Morgan fingerprint density at radius 1 is 1.20 bits per heavy atom. The molecule has 0 saturated carbocycles. The number of aromatic nitrogens is 3. The van der Waals surface area contributed by atoms with Crippen LogP contribution in [0.1, 0.15) is 40.0 Å². The fraction of sp³-hybridized carbons (Fsp3) is 0.567. The van der Waals surface area contributed by atoms with Crippen molar-refractivity contribution in [3.63, 3.8) is 0 Å². The SMILES string of the molecule is C=CCN(Cn1nnc2ccccc21)C(=O)C1N([C@H](C)CO)C(=O)[C@@H]2[C@H](C(=O)N(CC=C)CCC)[C@]3(C)CCC12O3. The van der Waals surface area contributed by atoms with Crippen molar-refractivity contribution >= 4 is 28.8 Å². The van der Waals surface area contributed by atoms with Gasteiger partial charge >= 0.3 is 0 Å². The van der Waals surface area contributed by atoms with Crippen molar-refractivity contribution in [1.82, 2.24) is 29.7 Å². The molecule has 1 aromatic carbocycles. The van der Waals surface area contributed by atoms with Gasteiger partial charge < -0.3 is 24.5 Å². The topological polar surface area (TPSA) is 121 Å². The minimum absolute atomic E-state index is 0.0847. The molecule has 3 amide bonds. The number of hydrogen-bond donors (Lipinski definition) is 1. The minimum atomic E-state index is -1.19. The van der Waals surface area contributed by atoms with Crippen LogP contribution in [0.25, 0.3) is 11.0 Å². The highest BCUT2D eigenvalue weighted by Gasteiger charge is 2.78. The zero-order valence-electron chi connectivity index (χ0n) is 24.1. The summed E-state index contributed by atoms with van der Waals surface area (Å²) in [5.41, 5.74) is -0.610. The number of para-hydroxylation sites is 1. The van der Waals surface area contributed by atoms with E-state index in [1.54, 1.807) is 33.6 Å². The van der Waals surface area contributed by atoms with E-state index in [2.05, 4.69) is 23.5 Å². The Balaban J connectivity index is 1.55. The van der Waals surface area contributed by atoms with Crippen molar-refractivity contribution in [2.45, 2.75) is 70.0 Å². The number of carbonyl (C=O) groups is 3. The highest BCUT2D eigenvalue weighted by atomic mass is 16.5. The number of likely N-dealkylation sites (tertiary alicyclic amines) is 1. The largest absolute Gasteiger partial charge is 0.394 e. The van der Waals surface area contributed by atoms with Crippen LogP contribution in [0, 0.1) is 11.8 Å². The second kappa shape index (κ2) is 11.0. The molecule has 2 aromatic rings. The van der Waals surface area contributed by atoms with Crippen molar-refractivity contribution in [2.24, 2.45) is 11.8 Å². The molecule has 4 heterocycles. The van der Waals surface area contributed by atoms with E-state index in [0.717, 1.165) is 11.9 Å². The summed E-state index contributed by atoms with van der Waals surface area (Å²) < 4.78 is 8.39. The van der Waals surface area contributed by atoms with E-state index in [-0.39, 0.29) is 37.5 Å². The summed E-state index contributed by atoms with van der Waals surface area (Å²) >= 11 is 0. The summed E-state index contributed by atoms with van der Waals surface area (Å²) in [6, 6.07) is 5.80. The lowest BCUT2D eigenvalue weighted by Gasteiger charge is -2.38. The third-order valence-corrected chi connectivity index (χ3v) is 8.99. The summed E-state index contributed by atoms with van der Waals surface area (Å²) in [4.78, 5) is 47.7. The van der Waals surface area contributed by atoms with E-state index in [1.807, 2.05) is 38.1 Å². The van der Waals surface area contributed by atoms with E-state index < -0.39 is 35.1 Å². The van der Waals surface area contributed by atoms with Crippen LogP contribution < -0.4 is 0 Å². The minimum Gasteiger partial charge on any atom is -0.394 e. The Morgan fingerprint density at radius 2 is 1.90 bits per heavy atom. The number of rotatable bonds is 12. The quantitative estimate of drug-likeness (QED) is 0.391. The molecular weight excluding hydrogens is 524 g/mol. The number of hydrogen-bond acceptors (Lipinski definition) is 7. The number of fused-ring (bicyclic) bond motifs is 2. The van der Waals surface area contributed by atoms with Crippen molar-refractivity contribution in [3.8, 4) is 0 Å². The van der Waals surface area contributed by atoms with Crippen molar-refractivity contribution in [1.29, 1.82) is 0 Å². The lowest BCUT2D eigenvalue weighted by Crippen LogP contribution is -2.58. The summed E-state index contributed by atoms with van der Waals surface area (Å²) in [5, 5.41) is 18.6. The molecule has 1 N–H and O–H groups in total. The molecule has 1 spiro atoms. The third kappa shape index (κ3) is 4.46. The number of carbonyl (C=O) groups excluding carboxylic acids is 3. The van der Waals surface area contributed by atoms with Crippen LogP contribution in [-0.4, -0.2) is 102 Å². The molecule has 3 saturated heterocycles. The van der Waals surface area contributed by atoms with Crippen LogP contribution >= 0.6 is 0 Å². The van der Waals surface area contributed by atoms with Gasteiger partial charge in [-0.2, -0.15) is 0 Å². The van der Waals surface area contributed by atoms with Gasteiger partial charge in [0.15, 0.2) is 0 Å². The third-order valence-electron chi connectivity index (χ3n) is 8.99. The second-order valence-corrected chi connectivity index (χ2v) is 11.6. The predicted octanol–water partition coefficient (Wildman–Crippen LogP) is 1.97. The molecule has 3 aliphatic heterocycles. The molecule has 3 aliphatic rings. The number of aliphatic hydroxyl groups excluding tert-OH is 1. The van der Waals surface area contributed by atoms with Crippen LogP contribution in [0.3, 0.4) is 0 Å². The molecule has 6 atom stereocenters. The van der Waals surface area contributed by atoms with Gasteiger partial charge in [-0.25, -0.2) is 4.68 Å². The maximum Gasteiger partial charge on any atom is 0.250 e. The number of aliphatic hydroxyl groups is 1. The molecule has 0 aliphatic carbocycles. The molecule has 220 valence electrons. The lowest BCUT2D eigenvalue weighted by molar-refractivity contribution is -0.157. The molecule has 2 unspecified atom stereocenters. The normalized spacial score (nSPS) is 29.0. The van der Waals surface area contributed by atoms with Crippen LogP contribution in [0.15, 0.2) is 49.6 Å². The Bertz CT molecular complexity index is 1360. The standard InChI is InChI=1S/C30H40N6O5/c1-6-15-33(16-7-2)26(38)23-24-27(39)36(20(4)18-37)25(30(24)14-13-29(23,5)41-30)28(40)34(17-8-3)19-35-22-12-10-9-11-21(22)31-32-35/h6,8-12,20,23-25,37H,1,3,7,13-19H2,2,4-5H3/t20-,23-,24+,25?,29+,30?/m1/s1. The highest BCUT2D eigenvalue weighted by molar-refractivity contribution is 5.99. The molecule has 3 fully saturated rings. The zero-order chi connectivity index (χ0) is 29.5. The van der Waals surface area contributed by atoms with Gasteiger partial charge in [0.25, 0.3) is 0 Å². The van der Waals surface area contributed by atoms with Crippen molar-refractivity contribution in [3.05, 3.63) is 49.6 Å². The number of benzene rings is 1. The Morgan fingerprint density at radius 3 is 2.59 bits per heavy atom. The van der Waals surface area contributed by atoms with Crippen molar-refractivity contribution in [2.75, 3.05) is 26.2 Å². The number of amides is 3. The Labute approximate surface area is 240 Å². The fourth-order valence-corrected chi connectivity index (χ4v) is 7.22. The molecule has 2 bridgehead atoms. The van der Waals surface area contributed by atoms with E-state index in [0.29, 0.717) is 31.4 Å². The highest BCUT2D eigenvalue weighted by Crippen LogP contribution is 2.63. The maximum absolute atomic E-state index is 14.6. The van der Waals surface area contributed by atoms with Gasteiger partial charge in [0.1, 0.15) is 23.8 Å². The van der Waals surface area contributed by atoms with E-state index in [4.69, 9.17) is 4.74 Å². The van der Waals surface area contributed by atoms with Gasteiger partial charge in [-0.15, -0.1) is 18.3 Å². The smallest absolute Gasteiger partial charge is 0.250 e. The van der Waals surface area contributed by atoms with Crippen LogP contribution in [0.5, 0.6) is 0 Å². The van der Waals surface area contributed by atoms with Crippen LogP contribution in [-0.2, 0) is 25.8 Å². The monoisotopic (exact) mass is 564 g/mol. The second-order valence-electron chi connectivity index (χ2n) is 11.6. The van der Waals surface area contributed by atoms with Gasteiger partial charge in [0, 0.05) is 19.6 Å². The maximum atomic E-state index is 14.6. The molecule has 0 radical (unpaired) electrons. The molecule has 11 heteroatoms. The molecule has 1 aromatic heterocycles.